The zero-order chi connectivity index (χ0) is 14.5. The Labute approximate surface area is 120 Å². The number of aliphatic hydroxyl groups is 1. The molecule has 1 amide bonds. The maximum absolute atomic E-state index is 12.1. The van der Waals surface area contributed by atoms with Gasteiger partial charge in [-0.05, 0) is 44.2 Å². The van der Waals surface area contributed by atoms with E-state index >= 15 is 0 Å². The number of carbonyl (C=O) groups excluding carboxylic acids is 1. The molecule has 2 rings (SSSR count). The van der Waals surface area contributed by atoms with Crippen LogP contribution in [0.15, 0.2) is 30.3 Å². The van der Waals surface area contributed by atoms with Gasteiger partial charge in [0.25, 0.3) is 0 Å². The van der Waals surface area contributed by atoms with Crippen molar-refractivity contribution in [1.29, 1.82) is 0 Å². The van der Waals surface area contributed by atoms with Crippen LogP contribution in [-0.2, 0) is 4.79 Å². The number of hydrogen-bond donors (Lipinski definition) is 1. The first-order valence-corrected chi connectivity index (χ1v) is 7.28. The van der Waals surface area contributed by atoms with Crippen LogP contribution in [0.5, 0.6) is 0 Å². The number of likely N-dealkylation sites (tertiary alicyclic amines) is 1. The van der Waals surface area contributed by atoms with Crippen molar-refractivity contribution in [3.8, 4) is 0 Å². The number of aryl methyl sites for hydroxylation is 1. The van der Waals surface area contributed by atoms with Gasteiger partial charge in [0.1, 0.15) is 0 Å². The molecule has 0 aliphatic carbocycles. The monoisotopic (exact) mass is 273 g/mol. The molecule has 0 spiro atoms. The molecule has 1 aromatic carbocycles. The molecule has 1 atom stereocenters. The lowest BCUT2D eigenvalue weighted by atomic mass is 9.92. The SMILES string of the molecule is Cc1ccc(C=CC(=O)N2CCC(C(C)O)CC2)cc1. The molecule has 1 heterocycles. The first-order valence-electron chi connectivity index (χ1n) is 7.28. The zero-order valence-corrected chi connectivity index (χ0v) is 12.2. The second-order valence-electron chi connectivity index (χ2n) is 5.65. The van der Waals surface area contributed by atoms with Crippen LogP contribution >= 0.6 is 0 Å². The molecule has 0 saturated carbocycles. The van der Waals surface area contributed by atoms with Crippen molar-refractivity contribution >= 4 is 12.0 Å². The molecular formula is C17H23NO2. The molecule has 20 heavy (non-hydrogen) atoms. The molecule has 1 fully saturated rings. The number of rotatable bonds is 3. The number of aliphatic hydroxyl groups excluding tert-OH is 1. The van der Waals surface area contributed by atoms with Crippen molar-refractivity contribution in [2.24, 2.45) is 5.92 Å². The lowest BCUT2D eigenvalue weighted by molar-refractivity contribution is -0.127. The number of hydrogen-bond acceptors (Lipinski definition) is 2. The van der Waals surface area contributed by atoms with E-state index in [0.717, 1.165) is 31.5 Å². The van der Waals surface area contributed by atoms with E-state index in [-0.39, 0.29) is 12.0 Å². The Balaban J connectivity index is 1.88. The number of nitrogens with zero attached hydrogens (tertiary/aromatic N) is 1. The normalized spacial score (nSPS) is 18.4. The van der Waals surface area contributed by atoms with Crippen molar-refractivity contribution in [2.75, 3.05) is 13.1 Å². The highest BCUT2D eigenvalue weighted by Gasteiger charge is 2.24. The van der Waals surface area contributed by atoms with E-state index in [9.17, 15) is 9.90 Å². The quantitative estimate of drug-likeness (QED) is 0.860. The van der Waals surface area contributed by atoms with E-state index in [0.29, 0.717) is 5.92 Å². The van der Waals surface area contributed by atoms with Crippen LogP contribution in [0.25, 0.3) is 6.08 Å². The van der Waals surface area contributed by atoms with E-state index in [1.54, 1.807) is 6.08 Å². The highest BCUT2D eigenvalue weighted by atomic mass is 16.3. The van der Waals surface area contributed by atoms with Crippen LogP contribution in [0, 0.1) is 12.8 Å². The molecular weight excluding hydrogens is 250 g/mol. The minimum Gasteiger partial charge on any atom is -0.393 e. The maximum atomic E-state index is 12.1. The van der Waals surface area contributed by atoms with Gasteiger partial charge in [0, 0.05) is 19.2 Å². The third-order valence-corrected chi connectivity index (χ3v) is 4.03. The average molecular weight is 273 g/mol. The molecule has 3 heteroatoms. The summed E-state index contributed by atoms with van der Waals surface area (Å²) in [6, 6.07) is 8.11. The molecule has 1 unspecified atom stereocenters. The minimum absolute atomic E-state index is 0.0645. The first kappa shape index (κ1) is 14.8. The molecule has 3 nitrogen and oxygen atoms in total. The van der Waals surface area contributed by atoms with Crippen molar-refractivity contribution in [3.05, 3.63) is 41.5 Å². The average Bonchev–Trinajstić information content (AvgIpc) is 2.46. The summed E-state index contributed by atoms with van der Waals surface area (Å²) in [4.78, 5) is 14.0. The number of benzene rings is 1. The number of amides is 1. The molecule has 1 N–H and O–H groups in total. The van der Waals surface area contributed by atoms with Crippen molar-refractivity contribution in [3.63, 3.8) is 0 Å². The van der Waals surface area contributed by atoms with E-state index in [2.05, 4.69) is 0 Å². The summed E-state index contributed by atoms with van der Waals surface area (Å²) in [5.74, 6) is 0.398. The van der Waals surface area contributed by atoms with Gasteiger partial charge in [0.15, 0.2) is 0 Å². The lowest BCUT2D eigenvalue weighted by Crippen LogP contribution is -2.39. The summed E-state index contributed by atoms with van der Waals surface area (Å²) in [5, 5.41) is 9.56. The van der Waals surface area contributed by atoms with Gasteiger partial charge in [-0.25, -0.2) is 0 Å². The van der Waals surface area contributed by atoms with Gasteiger partial charge in [0.2, 0.25) is 5.91 Å². The number of piperidine rings is 1. The molecule has 1 aromatic rings. The highest BCUT2D eigenvalue weighted by molar-refractivity contribution is 5.91. The molecule has 0 bridgehead atoms. The summed E-state index contributed by atoms with van der Waals surface area (Å²) < 4.78 is 0. The predicted molar refractivity (Wildman–Crippen MR) is 81.2 cm³/mol. The largest absolute Gasteiger partial charge is 0.393 e. The lowest BCUT2D eigenvalue weighted by Gasteiger charge is -2.32. The minimum atomic E-state index is -0.268. The van der Waals surface area contributed by atoms with Crippen molar-refractivity contribution in [2.45, 2.75) is 32.8 Å². The summed E-state index contributed by atoms with van der Waals surface area (Å²) in [6.07, 6.45) is 5.02. The Morgan fingerprint density at radius 3 is 2.45 bits per heavy atom. The van der Waals surface area contributed by atoms with E-state index in [1.807, 2.05) is 49.1 Å². The molecule has 1 aliphatic heterocycles. The van der Waals surface area contributed by atoms with Gasteiger partial charge < -0.3 is 10.0 Å². The Kier molecular flexibility index (Phi) is 4.96. The topological polar surface area (TPSA) is 40.5 Å². The predicted octanol–water partition coefficient (Wildman–Crippen LogP) is 2.63. The standard InChI is InChI=1S/C17H23NO2/c1-13-3-5-15(6-4-13)7-8-17(20)18-11-9-16(10-12-18)14(2)19/h3-8,14,16,19H,9-12H2,1-2H3. The second kappa shape index (κ2) is 6.71. The van der Waals surface area contributed by atoms with E-state index in [1.165, 1.54) is 5.56 Å². The van der Waals surface area contributed by atoms with Gasteiger partial charge in [0.05, 0.1) is 6.10 Å². The van der Waals surface area contributed by atoms with E-state index in [4.69, 9.17) is 0 Å². The van der Waals surface area contributed by atoms with E-state index < -0.39 is 0 Å². The van der Waals surface area contributed by atoms with Crippen LogP contribution in [0.3, 0.4) is 0 Å². The van der Waals surface area contributed by atoms with Crippen molar-refractivity contribution < 1.29 is 9.90 Å². The summed E-state index contributed by atoms with van der Waals surface area (Å²) >= 11 is 0. The smallest absolute Gasteiger partial charge is 0.246 e. The molecule has 108 valence electrons. The van der Waals surface area contributed by atoms with Gasteiger partial charge in [-0.3, -0.25) is 4.79 Å². The maximum Gasteiger partial charge on any atom is 0.246 e. The molecule has 0 radical (unpaired) electrons. The highest BCUT2D eigenvalue weighted by Crippen LogP contribution is 2.20. The van der Waals surface area contributed by atoms with Crippen molar-refractivity contribution in [1.82, 2.24) is 4.90 Å². The van der Waals surface area contributed by atoms with Gasteiger partial charge >= 0.3 is 0 Å². The third-order valence-electron chi connectivity index (χ3n) is 4.03. The van der Waals surface area contributed by atoms with Crippen LogP contribution in [0.4, 0.5) is 0 Å². The Bertz CT molecular complexity index is 468. The fourth-order valence-electron chi connectivity index (χ4n) is 2.55. The zero-order valence-electron chi connectivity index (χ0n) is 12.2. The summed E-state index contributed by atoms with van der Waals surface area (Å²) in [5.41, 5.74) is 2.26. The van der Waals surface area contributed by atoms with Crippen LogP contribution in [-0.4, -0.2) is 35.1 Å². The fraction of sp³-hybridized carbons (Fsp3) is 0.471. The molecule has 1 saturated heterocycles. The fourth-order valence-corrected chi connectivity index (χ4v) is 2.55. The van der Waals surface area contributed by atoms with Gasteiger partial charge in [-0.15, -0.1) is 0 Å². The Morgan fingerprint density at radius 1 is 1.30 bits per heavy atom. The molecule has 1 aliphatic rings. The first-order chi connectivity index (χ1) is 9.56. The van der Waals surface area contributed by atoms with Gasteiger partial charge in [-0.2, -0.15) is 0 Å². The van der Waals surface area contributed by atoms with Gasteiger partial charge in [-0.1, -0.05) is 29.8 Å². The summed E-state index contributed by atoms with van der Waals surface area (Å²) in [6.45, 7) is 5.36. The van der Waals surface area contributed by atoms with Crippen LogP contribution in [0.2, 0.25) is 0 Å². The second-order valence-corrected chi connectivity index (χ2v) is 5.65. The Hall–Kier alpha value is -1.61. The third kappa shape index (κ3) is 3.94. The summed E-state index contributed by atoms with van der Waals surface area (Å²) in [7, 11) is 0. The molecule has 0 aromatic heterocycles. The Morgan fingerprint density at radius 2 is 1.90 bits per heavy atom. The van der Waals surface area contributed by atoms with Crippen LogP contribution < -0.4 is 0 Å². The van der Waals surface area contributed by atoms with Crippen LogP contribution in [0.1, 0.15) is 30.9 Å². The number of carbonyl (C=O) groups is 1.